The average molecular weight is 491 g/mol. The average Bonchev–Trinajstić information content (AvgIpc) is 3.19. The number of halogens is 6. The topological polar surface area (TPSA) is 99.1 Å². The van der Waals surface area contributed by atoms with Gasteiger partial charge in [-0.3, -0.25) is 0 Å². The lowest BCUT2D eigenvalue weighted by Gasteiger charge is -2.16. The van der Waals surface area contributed by atoms with Gasteiger partial charge in [-0.2, -0.15) is 13.2 Å². The summed E-state index contributed by atoms with van der Waals surface area (Å²) in [7, 11) is 0. The van der Waals surface area contributed by atoms with Gasteiger partial charge in [-0.05, 0) is 24.6 Å². The Bertz CT molecular complexity index is 1100. The van der Waals surface area contributed by atoms with Gasteiger partial charge in [-0.25, -0.2) is 4.98 Å². The molecule has 1 aliphatic carbocycles. The number of nitrogens with zero attached hydrogens (tertiary/aromatic N) is 3. The number of hydrogen-bond donors (Lipinski definition) is 2. The molecule has 1 saturated carbocycles. The Kier molecular flexibility index (Phi) is 7.72. The van der Waals surface area contributed by atoms with Gasteiger partial charge in [0.25, 0.3) is 5.89 Å². The second-order valence-electron chi connectivity index (χ2n) is 7.78. The third-order valence-corrected chi connectivity index (χ3v) is 4.96. The number of aryl methyl sites for hydroxylation is 1. The van der Waals surface area contributed by atoms with Crippen LogP contribution >= 0.6 is 0 Å². The summed E-state index contributed by atoms with van der Waals surface area (Å²) in [6.45, 7) is 0.0912. The van der Waals surface area contributed by atoms with Crippen molar-refractivity contribution in [2.45, 2.75) is 58.0 Å². The molecule has 0 radical (unpaired) electrons. The Labute approximate surface area is 190 Å². The van der Waals surface area contributed by atoms with E-state index in [4.69, 9.17) is 10.2 Å². The van der Waals surface area contributed by atoms with Crippen LogP contribution in [0.15, 0.2) is 22.6 Å². The molecular formula is C21H23F6N5O2. The van der Waals surface area contributed by atoms with Crippen molar-refractivity contribution in [2.75, 3.05) is 17.6 Å². The first-order chi connectivity index (χ1) is 15.9. The van der Waals surface area contributed by atoms with E-state index in [-0.39, 0.29) is 34.2 Å². The molecule has 4 rings (SSSR count). The maximum Gasteiger partial charge on any atom is 0.573 e. The van der Waals surface area contributed by atoms with Crippen LogP contribution in [0.2, 0.25) is 0 Å². The largest absolute Gasteiger partial charge is 0.573 e. The van der Waals surface area contributed by atoms with Crippen LogP contribution in [0, 0.1) is 6.92 Å². The summed E-state index contributed by atoms with van der Waals surface area (Å²) in [5.41, 5.74) is 5.27. The van der Waals surface area contributed by atoms with Crippen LogP contribution in [0.3, 0.4) is 0 Å². The number of hydrogen-bond acceptors (Lipinski definition) is 7. The standard InChI is InChI=1S/C15H11F6N5O2.C6H12/c1-6-2-9(12-25-26-13(22)27-12)24-11-8(6)3-7(23-5-14(16,17)18)4-10(11)28-15(19,20)21;1-2-4-6-5-3-1/h2-4,23H,5H2,1H3,(H2,22,26);1-6H2. The predicted molar refractivity (Wildman–Crippen MR) is 113 cm³/mol. The number of rotatable bonds is 4. The molecule has 3 aromatic rings. The molecule has 13 heteroatoms. The molecule has 7 nitrogen and oxygen atoms in total. The summed E-state index contributed by atoms with van der Waals surface area (Å²) in [5, 5.41) is 9.21. The number of alkyl halides is 6. The van der Waals surface area contributed by atoms with Crippen LogP contribution in [-0.4, -0.2) is 34.3 Å². The monoisotopic (exact) mass is 491 g/mol. The van der Waals surface area contributed by atoms with Crippen molar-refractivity contribution in [2.24, 2.45) is 0 Å². The molecule has 2 heterocycles. The molecule has 0 atom stereocenters. The molecule has 34 heavy (non-hydrogen) atoms. The van der Waals surface area contributed by atoms with Crippen molar-refractivity contribution in [1.29, 1.82) is 0 Å². The van der Waals surface area contributed by atoms with Crippen molar-refractivity contribution in [3.8, 4) is 17.3 Å². The molecule has 1 aromatic carbocycles. The van der Waals surface area contributed by atoms with Gasteiger partial charge in [0.15, 0.2) is 5.75 Å². The predicted octanol–water partition coefficient (Wildman–Crippen LogP) is 6.39. The van der Waals surface area contributed by atoms with Crippen LogP contribution in [0.4, 0.5) is 38.0 Å². The molecule has 0 spiro atoms. The lowest BCUT2D eigenvalue weighted by atomic mass is 10.0. The van der Waals surface area contributed by atoms with Gasteiger partial charge >= 0.3 is 18.6 Å². The summed E-state index contributed by atoms with van der Waals surface area (Å²) < 4.78 is 84.6. The maximum atomic E-state index is 12.8. The Morgan fingerprint density at radius 3 is 2.09 bits per heavy atom. The summed E-state index contributed by atoms with van der Waals surface area (Å²) in [6.07, 6.45) is -0.648. The molecule has 0 saturated heterocycles. The number of nitrogen functional groups attached to an aromatic ring is 1. The van der Waals surface area contributed by atoms with Gasteiger partial charge in [0.1, 0.15) is 17.8 Å². The minimum Gasteiger partial charge on any atom is -0.403 e. The first kappa shape index (κ1) is 25.4. The minimum atomic E-state index is -5.09. The second-order valence-corrected chi connectivity index (χ2v) is 7.78. The van der Waals surface area contributed by atoms with Crippen LogP contribution in [0.25, 0.3) is 22.5 Å². The molecule has 0 bridgehead atoms. The smallest absolute Gasteiger partial charge is 0.403 e. The van der Waals surface area contributed by atoms with Gasteiger partial charge in [0.2, 0.25) is 0 Å². The molecule has 0 unspecified atom stereocenters. The van der Waals surface area contributed by atoms with E-state index < -0.39 is 24.8 Å². The highest BCUT2D eigenvalue weighted by Gasteiger charge is 2.33. The van der Waals surface area contributed by atoms with Crippen LogP contribution < -0.4 is 15.8 Å². The molecule has 0 aliphatic heterocycles. The number of nitrogens with one attached hydrogen (secondary N) is 1. The fraction of sp³-hybridized carbons (Fsp3) is 0.476. The summed E-state index contributed by atoms with van der Waals surface area (Å²) in [6, 6.07) is 3.16. The van der Waals surface area contributed by atoms with Crippen LogP contribution in [0.5, 0.6) is 5.75 Å². The van der Waals surface area contributed by atoms with Crippen molar-refractivity contribution in [1.82, 2.24) is 15.2 Å². The molecule has 0 amide bonds. The fourth-order valence-electron chi connectivity index (χ4n) is 3.47. The molecule has 1 fully saturated rings. The van der Waals surface area contributed by atoms with Crippen LogP contribution in [-0.2, 0) is 0 Å². The zero-order chi connectivity index (χ0) is 24.9. The number of nitrogens with two attached hydrogens (primary N) is 1. The summed E-state index contributed by atoms with van der Waals surface area (Å²) in [5.74, 6) is -0.924. The molecule has 2 aromatic heterocycles. The minimum absolute atomic E-state index is 0.0252. The second kappa shape index (κ2) is 10.3. The first-order valence-corrected chi connectivity index (χ1v) is 10.5. The number of ether oxygens (including phenoxy) is 1. The number of anilines is 2. The SMILES string of the molecule is C1CCCCC1.Cc1cc(-c2nnc(N)o2)nc2c(OC(F)(F)F)cc(NCC(F)(F)F)cc12. The van der Waals surface area contributed by atoms with E-state index in [1.54, 1.807) is 0 Å². The van der Waals surface area contributed by atoms with Gasteiger partial charge < -0.3 is 20.2 Å². The Balaban J connectivity index is 0.000000469. The Morgan fingerprint density at radius 2 is 1.59 bits per heavy atom. The number of benzene rings is 1. The van der Waals surface area contributed by atoms with E-state index in [1.807, 2.05) is 5.32 Å². The molecule has 186 valence electrons. The lowest BCUT2D eigenvalue weighted by molar-refractivity contribution is -0.274. The zero-order valence-electron chi connectivity index (χ0n) is 18.2. The number of aromatic nitrogens is 3. The highest BCUT2D eigenvalue weighted by molar-refractivity contribution is 5.92. The lowest BCUT2D eigenvalue weighted by Crippen LogP contribution is -2.21. The normalized spacial score (nSPS) is 14.4. The number of pyridine rings is 1. The van der Waals surface area contributed by atoms with E-state index in [2.05, 4.69) is 19.9 Å². The summed E-state index contributed by atoms with van der Waals surface area (Å²) in [4.78, 5) is 4.03. The van der Waals surface area contributed by atoms with Crippen molar-refractivity contribution in [3.63, 3.8) is 0 Å². The highest BCUT2D eigenvalue weighted by Crippen LogP contribution is 2.36. The third-order valence-electron chi connectivity index (χ3n) is 4.96. The van der Waals surface area contributed by atoms with E-state index in [9.17, 15) is 26.3 Å². The first-order valence-electron chi connectivity index (χ1n) is 10.5. The Hall–Kier alpha value is -3.25. The number of fused-ring (bicyclic) bond motifs is 1. The van der Waals surface area contributed by atoms with E-state index in [0.717, 1.165) is 6.07 Å². The van der Waals surface area contributed by atoms with E-state index in [0.29, 0.717) is 5.56 Å². The van der Waals surface area contributed by atoms with Gasteiger partial charge in [-0.1, -0.05) is 43.6 Å². The highest BCUT2D eigenvalue weighted by atomic mass is 19.4. The van der Waals surface area contributed by atoms with Gasteiger partial charge in [-0.15, -0.1) is 18.3 Å². The van der Waals surface area contributed by atoms with Crippen molar-refractivity contribution >= 4 is 22.6 Å². The summed E-state index contributed by atoms with van der Waals surface area (Å²) >= 11 is 0. The quantitative estimate of drug-likeness (QED) is 0.408. The third kappa shape index (κ3) is 7.39. The van der Waals surface area contributed by atoms with Gasteiger partial charge in [0, 0.05) is 17.1 Å². The molecule has 3 N–H and O–H groups in total. The van der Waals surface area contributed by atoms with Crippen LogP contribution in [0.1, 0.15) is 44.1 Å². The van der Waals surface area contributed by atoms with Crippen molar-refractivity contribution < 1.29 is 35.5 Å². The van der Waals surface area contributed by atoms with Crippen molar-refractivity contribution in [3.05, 3.63) is 23.8 Å². The van der Waals surface area contributed by atoms with E-state index >= 15 is 0 Å². The zero-order valence-corrected chi connectivity index (χ0v) is 18.2. The fourth-order valence-corrected chi connectivity index (χ4v) is 3.47. The Morgan fingerprint density at radius 1 is 0.971 bits per heavy atom. The van der Waals surface area contributed by atoms with E-state index in [1.165, 1.54) is 57.6 Å². The molecule has 1 aliphatic rings. The molecular weight excluding hydrogens is 468 g/mol. The maximum absolute atomic E-state index is 12.8. The van der Waals surface area contributed by atoms with Gasteiger partial charge in [0.05, 0.1) is 0 Å².